The summed E-state index contributed by atoms with van der Waals surface area (Å²) in [6.07, 6.45) is 1.16. The number of benzene rings is 2. The molecule has 1 saturated heterocycles. The smallest absolute Gasteiger partial charge is 0.328 e. The first kappa shape index (κ1) is 26.0. The van der Waals surface area contributed by atoms with E-state index in [4.69, 9.17) is 4.74 Å². The number of H-pyrrole nitrogens is 1. The Kier molecular flexibility index (Phi) is 7.10. The molecule has 0 unspecified atom stereocenters. The summed E-state index contributed by atoms with van der Waals surface area (Å²) in [6, 6.07) is 15.1. The zero-order chi connectivity index (χ0) is 27.7. The molecule has 2 aromatic carbocycles. The van der Waals surface area contributed by atoms with Gasteiger partial charge in [-0.25, -0.2) is 4.79 Å². The molecule has 3 heterocycles. The second-order valence-corrected chi connectivity index (χ2v) is 9.76. The van der Waals surface area contributed by atoms with Crippen LogP contribution >= 0.6 is 0 Å². The molecule has 2 amide bonds. The molecule has 10 nitrogen and oxygen atoms in total. The zero-order valence-electron chi connectivity index (χ0n) is 22.2. The number of aryl methyl sites for hydroxylation is 1. The Balaban J connectivity index is 1.37. The average molecular weight is 530 g/mol. The van der Waals surface area contributed by atoms with E-state index in [1.54, 1.807) is 11.0 Å². The van der Waals surface area contributed by atoms with E-state index in [-0.39, 0.29) is 24.4 Å². The minimum Gasteiger partial charge on any atom is -0.496 e. The number of aromatic nitrogens is 3. The van der Waals surface area contributed by atoms with Crippen molar-refractivity contribution in [2.24, 2.45) is 0 Å². The number of aromatic hydroxyl groups is 1. The van der Waals surface area contributed by atoms with Crippen LogP contribution in [0.3, 0.4) is 0 Å². The number of carbonyl (C=O) groups excluding carboxylic acids is 2. The summed E-state index contributed by atoms with van der Waals surface area (Å²) in [5.74, 6) is -0.287. The highest BCUT2D eigenvalue weighted by atomic mass is 16.5. The molecule has 0 atom stereocenters. The lowest BCUT2D eigenvalue weighted by atomic mass is 9.98. The SMILES string of the molecule is COc1cc(-c2cc(C)nc3ccccc23)ccc1C(=O)NCc1c(O)[nH]c(=O)n1C1CCN(C(C)=O)CC1. The molecule has 0 bridgehead atoms. The summed E-state index contributed by atoms with van der Waals surface area (Å²) in [6.45, 7) is 4.46. The van der Waals surface area contributed by atoms with Crippen LogP contribution in [0.25, 0.3) is 22.0 Å². The summed E-state index contributed by atoms with van der Waals surface area (Å²) in [4.78, 5) is 46.3. The summed E-state index contributed by atoms with van der Waals surface area (Å²) >= 11 is 0. The van der Waals surface area contributed by atoms with Gasteiger partial charge in [-0.2, -0.15) is 0 Å². The highest BCUT2D eigenvalue weighted by Crippen LogP contribution is 2.33. The number of rotatable bonds is 6. The highest BCUT2D eigenvalue weighted by molar-refractivity contribution is 5.99. The molecule has 0 spiro atoms. The normalized spacial score (nSPS) is 14.0. The number of hydrogen-bond donors (Lipinski definition) is 3. The van der Waals surface area contributed by atoms with Gasteiger partial charge in [-0.15, -0.1) is 0 Å². The van der Waals surface area contributed by atoms with Crippen molar-refractivity contribution in [3.63, 3.8) is 0 Å². The van der Waals surface area contributed by atoms with E-state index in [0.29, 0.717) is 42.9 Å². The van der Waals surface area contributed by atoms with Gasteiger partial charge in [0.05, 0.1) is 24.7 Å². The number of nitrogens with one attached hydrogen (secondary N) is 2. The first-order valence-corrected chi connectivity index (χ1v) is 12.9. The Hall–Kier alpha value is -4.60. The topological polar surface area (TPSA) is 130 Å². The number of likely N-dealkylation sites (tertiary alicyclic amines) is 1. The molecule has 1 aliphatic rings. The van der Waals surface area contributed by atoms with Crippen LogP contribution in [0.1, 0.15) is 47.6 Å². The monoisotopic (exact) mass is 529 g/mol. The van der Waals surface area contributed by atoms with E-state index >= 15 is 0 Å². The minimum absolute atomic E-state index is 0.00239. The fraction of sp³-hybridized carbons (Fsp3) is 0.310. The predicted molar refractivity (Wildman–Crippen MR) is 147 cm³/mol. The summed E-state index contributed by atoms with van der Waals surface area (Å²) in [5, 5.41) is 14.2. The lowest BCUT2D eigenvalue weighted by molar-refractivity contribution is -0.130. The van der Waals surface area contributed by atoms with Crippen molar-refractivity contribution in [2.75, 3.05) is 20.2 Å². The summed E-state index contributed by atoms with van der Waals surface area (Å²) < 4.78 is 7.07. The molecular weight excluding hydrogens is 498 g/mol. The van der Waals surface area contributed by atoms with Gasteiger partial charge < -0.3 is 20.1 Å². The van der Waals surface area contributed by atoms with Crippen LogP contribution in [-0.2, 0) is 11.3 Å². The fourth-order valence-electron chi connectivity index (χ4n) is 5.32. The third-order valence-electron chi connectivity index (χ3n) is 7.30. The number of para-hydroxylation sites is 1. The van der Waals surface area contributed by atoms with Crippen LogP contribution in [0.15, 0.2) is 53.3 Å². The second-order valence-electron chi connectivity index (χ2n) is 9.76. The molecule has 10 heteroatoms. The van der Waals surface area contributed by atoms with Gasteiger partial charge >= 0.3 is 5.69 Å². The molecule has 202 valence electrons. The number of nitrogens with zero attached hydrogens (tertiary/aromatic N) is 3. The summed E-state index contributed by atoms with van der Waals surface area (Å²) in [7, 11) is 1.51. The Morgan fingerprint density at radius 3 is 2.62 bits per heavy atom. The molecule has 1 fully saturated rings. The third-order valence-corrected chi connectivity index (χ3v) is 7.30. The number of methoxy groups -OCH3 is 1. The first-order valence-electron chi connectivity index (χ1n) is 12.9. The molecule has 39 heavy (non-hydrogen) atoms. The van der Waals surface area contributed by atoms with Crippen molar-refractivity contribution in [2.45, 2.75) is 39.3 Å². The number of imidazole rings is 1. The van der Waals surface area contributed by atoms with E-state index in [1.165, 1.54) is 18.6 Å². The van der Waals surface area contributed by atoms with Crippen molar-refractivity contribution in [1.82, 2.24) is 24.8 Å². The quantitative estimate of drug-likeness (QED) is 0.350. The van der Waals surface area contributed by atoms with Crippen molar-refractivity contribution in [3.8, 4) is 22.8 Å². The lowest BCUT2D eigenvalue weighted by Gasteiger charge is -2.32. The molecule has 2 aromatic heterocycles. The maximum Gasteiger partial charge on any atom is 0.328 e. The van der Waals surface area contributed by atoms with Crippen LogP contribution in [0.2, 0.25) is 0 Å². The van der Waals surface area contributed by atoms with Crippen LogP contribution in [0, 0.1) is 6.92 Å². The van der Waals surface area contributed by atoms with Crippen LogP contribution < -0.4 is 15.7 Å². The third kappa shape index (κ3) is 5.09. The molecule has 4 aromatic rings. The van der Waals surface area contributed by atoms with Crippen LogP contribution in [0.4, 0.5) is 0 Å². The van der Waals surface area contributed by atoms with Gasteiger partial charge in [-0.05, 0) is 55.2 Å². The molecule has 1 aliphatic heterocycles. The Morgan fingerprint density at radius 1 is 1.15 bits per heavy atom. The van der Waals surface area contributed by atoms with Gasteiger partial charge in [0.25, 0.3) is 5.91 Å². The Labute approximate surface area is 225 Å². The molecule has 0 saturated carbocycles. The van der Waals surface area contributed by atoms with Gasteiger partial charge in [-0.1, -0.05) is 24.3 Å². The van der Waals surface area contributed by atoms with Crippen molar-refractivity contribution < 1.29 is 19.4 Å². The Bertz CT molecular complexity index is 1610. The van der Waals surface area contributed by atoms with Gasteiger partial charge in [0, 0.05) is 37.1 Å². The van der Waals surface area contributed by atoms with Gasteiger partial charge in [0.2, 0.25) is 11.8 Å². The first-order chi connectivity index (χ1) is 18.8. The van der Waals surface area contributed by atoms with E-state index in [1.807, 2.05) is 49.4 Å². The zero-order valence-corrected chi connectivity index (χ0v) is 22.2. The average Bonchev–Trinajstić information content (AvgIpc) is 3.22. The van der Waals surface area contributed by atoms with Gasteiger partial charge in [-0.3, -0.25) is 24.1 Å². The number of aromatic amines is 1. The maximum atomic E-state index is 13.2. The van der Waals surface area contributed by atoms with E-state index in [9.17, 15) is 19.5 Å². The molecule has 0 radical (unpaired) electrons. The largest absolute Gasteiger partial charge is 0.496 e. The predicted octanol–water partition coefficient (Wildman–Crippen LogP) is 3.53. The number of hydrogen-bond acceptors (Lipinski definition) is 6. The number of ether oxygens (including phenoxy) is 1. The maximum absolute atomic E-state index is 13.2. The molecule has 3 N–H and O–H groups in total. The van der Waals surface area contributed by atoms with Crippen molar-refractivity contribution in [3.05, 3.63) is 76.0 Å². The second kappa shape index (κ2) is 10.6. The number of carbonyl (C=O) groups is 2. The number of amides is 2. The summed E-state index contributed by atoms with van der Waals surface area (Å²) in [5.41, 5.74) is 3.82. The Morgan fingerprint density at radius 2 is 1.90 bits per heavy atom. The minimum atomic E-state index is -0.445. The van der Waals surface area contributed by atoms with Gasteiger partial charge in [0.1, 0.15) is 11.4 Å². The molecule has 5 rings (SSSR count). The standard InChI is InChI=1S/C29H31N5O5/c1-17-14-23(21-6-4-5-7-24(21)31-17)19-8-9-22(26(15-19)39-3)27(36)30-16-25-28(37)32-29(38)34(25)20-10-12-33(13-11-20)18(2)35/h4-9,14-15,20,37H,10-13,16H2,1-3H3,(H,30,36)(H,32,38). The van der Waals surface area contributed by atoms with E-state index in [0.717, 1.165) is 27.7 Å². The lowest BCUT2D eigenvalue weighted by Crippen LogP contribution is -2.40. The van der Waals surface area contributed by atoms with Crippen molar-refractivity contribution >= 4 is 22.7 Å². The van der Waals surface area contributed by atoms with Gasteiger partial charge in [0.15, 0.2) is 0 Å². The number of pyridine rings is 1. The molecule has 0 aliphatic carbocycles. The van der Waals surface area contributed by atoms with E-state index < -0.39 is 11.6 Å². The number of fused-ring (bicyclic) bond motifs is 1. The fourth-order valence-corrected chi connectivity index (χ4v) is 5.32. The van der Waals surface area contributed by atoms with Crippen LogP contribution in [0.5, 0.6) is 11.6 Å². The molecular formula is C29H31N5O5. The van der Waals surface area contributed by atoms with E-state index in [2.05, 4.69) is 15.3 Å². The number of piperidine rings is 1. The van der Waals surface area contributed by atoms with Crippen LogP contribution in [-0.4, -0.2) is 56.6 Å². The van der Waals surface area contributed by atoms with Crippen molar-refractivity contribution in [1.29, 1.82) is 0 Å². The highest BCUT2D eigenvalue weighted by Gasteiger charge is 2.27.